The Balaban J connectivity index is 1.54. The third kappa shape index (κ3) is 3.10. The van der Waals surface area contributed by atoms with E-state index in [1.807, 2.05) is 11.1 Å². The molecule has 1 aromatic rings. The van der Waals surface area contributed by atoms with Crippen molar-refractivity contribution in [3.63, 3.8) is 0 Å². The van der Waals surface area contributed by atoms with E-state index in [4.69, 9.17) is 0 Å². The Hall–Kier alpha value is -0.660. The van der Waals surface area contributed by atoms with Crippen molar-refractivity contribution in [2.75, 3.05) is 13.1 Å². The first-order valence-electron chi connectivity index (χ1n) is 7.33. The average Bonchev–Trinajstić information content (AvgIpc) is 2.77. The van der Waals surface area contributed by atoms with Crippen LogP contribution in [-0.2, 0) is 6.54 Å². The van der Waals surface area contributed by atoms with Crippen LogP contribution in [0.15, 0.2) is 6.20 Å². The van der Waals surface area contributed by atoms with Crippen LogP contribution in [0.5, 0.6) is 0 Å². The molecule has 1 aliphatic carbocycles. The number of aliphatic hydroxyl groups is 1. The SMILES string of the molecule is OC1(C(F)(F)F)CCN(Cc2cnc(C3CCC3)s2)CC1. The summed E-state index contributed by atoms with van der Waals surface area (Å²) in [5.74, 6) is 0.598. The molecule has 3 rings (SSSR count). The first kappa shape index (κ1) is 15.2. The van der Waals surface area contributed by atoms with Crippen LogP contribution in [0.3, 0.4) is 0 Å². The number of hydrogen-bond acceptors (Lipinski definition) is 4. The van der Waals surface area contributed by atoms with Crippen LogP contribution in [0.2, 0.25) is 0 Å². The summed E-state index contributed by atoms with van der Waals surface area (Å²) in [4.78, 5) is 7.51. The molecule has 21 heavy (non-hydrogen) atoms. The standard InChI is InChI=1S/C14H19F3N2OS/c15-14(16,17)13(20)4-6-19(7-5-13)9-11-8-18-12(21-11)10-2-1-3-10/h8,10,20H,1-7,9H2. The van der Waals surface area contributed by atoms with E-state index in [0.717, 1.165) is 4.88 Å². The fraction of sp³-hybridized carbons (Fsp3) is 0.786. The highest BCUT2D eigenvalue weighted by Gasteiger charge is 2.54. The monoisotopic (exact) mass is 320 g/mol. The van der Waals surface area contributed by atoms with E-state index >= 15 is 0 Å². The maximum Gasteiger partial charge on any atom is 0.417 e. The Morgan fingerprint density at radius 3 is 2.52 bits per heavy atom. The third-order valence-electron chi connectivity index (χ3n) is 4.62. The number of alkyl halides is 3. The Morgan fingerprint density at radius 2 is 2.00 bits per heavy atom. The zero-order chi connectivity index (χ0) is 15.1. The van der Waals surface area contributed by atoms with Gasteiger partial charge in [-0.05, 0) is 25.7 Å². The molecule has 0 spiro atoms. The molecule has 1 saturated carbocycles. The summed E-state index contributed by atoms with van der Waals surface area (Å²) in [5, 5.41) is 10.8. The fourth-order valence-electron chi connectivity index (χ4n) is 2.82. The predicted molar refractivity (Wildman–Crippen MR) is 74.2 cm³/mol. The Bertz CT molecular complexity index is 491. The molecule has 118 valence electrons. The lowest BCUT2D eigenvalue weighted by atomic mass is 9.86. The van der Waals surface area contributed by atoms with Crippen molar-refractivity contribution in [3.8, 4) is 0 Å². The number of aromatic nitrogens is 1. The molecule has 0 aromatic carbocycles. The van der Waals surface area contributed by atoms with Gasteiger partial charge >= 0.3 is 6.18 Å². The summed E-state index contributed by atoms with van der Waals surface area (Å²) < 4.78 is 38.2. The van der Waals surface area contributed by atoms with Crippen molar-refractivity contribution >= 4 is 11.3 Å². The van der Waals surface area contributed by atoms with Crippen LogP contribution < -0.4 is 0 Å². The second-order valence-electron chi connectivity index (χ2n) is 6.10. The van der Waals surface area contributed by atoms with Gasteiger partial charge in [-0.2, -0.15) is 13.2 Å². The van der Waals surface area contributed by atoms with Crippen LogP contribution in [0.25, 0.3) is 0 Å². The molecule has 2 fully saturated rings. The Labute approximate surface area is 125 Å². The minimum absolute atomic E-state index is 0.245. The number of rotatable bonds is 3. The van der Waals surface area contributed by atoms with Gasteiger partial charge in [0, 0.05) is 36.6 Å². The second kappa shape index (κ2) is 5.52. The summed E-state index contributed by atoms with van der Waals surface area (Å²) >= 11 is 1.68. The van der Waals surface area contributed by atoms with Gasteiger partial charge in [-0.3, -0.25) is 4.90 Å². The van der Waals surface area contributed by atoms with Gasteiger partial charge in [-0.1, -0.05) is 6.42 Å². The molecular weight excluding hydrogens is 301 g/mol. The van der Waals surface area contributed by atoms with Crippen LogP contribution in [0.4, 0.5) is 13.2 Å². The first-order chi connectivity index (χ1) is 9.87. The smallest absolute Gasteiger partial charge is 0.380 e. The highest BCUT2D eigenvalue weighted by molar-refractivity contribution is 7.11. The molecule has 1 N–H and O–H groups in total. The second-order valence-corrected chi connectivity index (χ2v) is 7.24. The van der Waals surface area contributed by atoms with E-state index in [1.54, 1.807) is 11.3 Å². The van der Waals surface area contributed by atoms with Gasteiger partial charge in [-0.15, -0.1) is 11.3 Å². The molecule has 7 heteroatoms. The predicted octanol–water partition coefficient (Wildman–Crippen LogP) is 3.30. The minimum atomic E-state index is -4.53. The molecule has 2 heterocycles. The average molecular weight is 320 g/mol. The summed E-state index contributed by atoms with van der Waals surface area (Å²) in [7, 11) is 0. The Kier molecular flexibility index (Phi) is 4.00. The van der Waals surface area contributed by atoms with Crippen LogP contribution in [-0.4, -0.2) is 39.9 Å². The molecule has 1 aromatic heterocycles. The van der Waals surface area contributed by atoms with Crippen molar-refractivity contribution in [2.45, 2.75) is 56.3 Å². The topological polar surface area (TPSA) is 36.4 Å². The molecule has 1 aliphatic heterocycles. The zero-order valence-corrected chi connectivity index (χ0v) is 12.5. The normalized spacial score (nSPS) is 24.0. The van der Waals surface area contributed by atoms with E-state index in [0.29, 0.717) is 12.5 Å². The van der Waals surface area contributed by atoms with Gasteiger partial charge in [0.1, 0.15) is 0 Å². The van der Waals surface area contributed by atoms with E-state index in [1.165, 1.54) is 24.3 Å². The van der Waals surface area contributed by atoms with E-state index in [9.17, 15) is 18.3 Å². The van der Waals surface area contributed by atoms with Crippen molar-refractivity contribution in [3.05, 3.63) is 16.1 Å². The molecule has 0 amide bonds. The number of halogens is 3. The van der Waals surface area contributed by atoms with Gasteiger partial charge in [0.25, 0.3) is 0 Å². The lowest BCUT2D eigenvalue weighted by Crippen LogP contribution is -2.53. The van der Waals surface area contributed by atoms with Gasteiger partial charge in [0.05, 0.1) is 5.01 Å². The van der Waals surface area contributed by atoms with E-state index in [2.05, 4.69) is 4.98 Å². The number of thiazole rings is 1. The number of piperidine rings is 1. The van der Waals surface area contributed by atoms with E-state index in [-0.39, 0.29) is 25.9 Å². The summed E-state index contributed by atoms with van der Waals surface area (Å²) in [6.45, 7) is 1.18. The van der Waals surface area contributed by atoms with Crippen molar-refractivity contribution < 1.29 is 18.3 Å². The molecule has 0 bridgehead atoms. The van der Waals surface area contributed by atoms with Gasteiger partial charge in [-0.25, -0.2) is 4.98 Å². The molecule has 1 saturated heterocycles. The number of likely N-dealkylation sites (tertiary alicyclic amines) is 1. The maximum atomic E-state index is 12.7. The minimum Gasteiger partial charge on any atom is -0.380 e. The Morgan fingerprint density at radius 1 is 1.33 bits per heavy atom. The van der Waals surface area contributed by atoms with Gasteiger partial charge < -0.3 is 5.11 Å². The maximum absolute atomic E-state index is 12.7. The highest BCUT2D eigenvalue weighted by Crippen LogP contribution is 2.40. The van der Waals surface area contributed by atoms with Gasteiger partial charge in [0.15, 0.2) is 5.60 Å². The first-order valence-corrected chi connectivity index (χ1v) is 8.15. The largest absolute Gasteiger partial charge is 0.417 e. The quantitative estimate of drug-likeness (QED) is 0.928. The van der Waals surface area contributed by atoms with Gasteiger partial charge in [0.2, 0.25) is 0 Å². The van der Waals surface area contributed by atoms with Crippen molar-refractivity contribution in [1.29, 1.82) is 0 Å². The molecule has 3 nitrogen and oxygen atoms in total. The number of nitrogens with zero attached hydrogens (tertiary/aromatic N) is 2. The number of hydrogen-bond donors (Lipinski definition) is 1. The molecular formula is C14H19F3N2OS. The fourth-order valence-corrected chi connectivity index (χ4v) is 3.95. The summed E-state index contributed by atoms with van der Waals surface area (Å²) in [6.07, 6.45) is 0.506. The van der Waals surface area contributed by atoms with Crippen molar-refractivity contribution in [2.24, 2.45) is 0 Å². The zero-order valence-electron chi connectivity index (χ0n) is 11.7. The van der Waals surface area contributed by atoms with Crippen LogP contribution in [0, 0.1) is 0 Å². The van der Waals surface area contributed by atoms with Crippen LogP contribution in [0.1, 0.15) is 47.9 Å². The molecule has 0 unspecified atom stereocenters. The summed E-state index contributed by atoms with van der Waals surface area (Å²) in [6, 6.07) is 0. The third-order valence-corrected chi connectivity index (χ3v) is 5.76. The van der Waals surface area contributed by atoms with Crippen molar-refractivity contribution in [1.82, 2.24) is 9.88 Å². The lowest BCUT2D eigenvalue weighted by molar-refractivity contribution is -0.272. The molecule has 2 aliphatic rings. The van der Waals surface area contributed by atoms with E-state index < -0.39 is 11.8 Å². The summed E-state index contributed by atoms with van der Waals surface area (Å²) in [5.41, 5.74) is -2.51. The molecule has 0 atom stereocenters. The molecule has 0 radical (unpaired) electrons. The lowest BCUT2D eigenvalue weighted by Gasteiger charge is -2.38. The highest BCUT2D eigenvalue weighted by atomic mass is 32.1. The van der Waals surface area contributed by atoms with Crippen LogP contribution >= 0.6 is 11.3 Å².